The fourth-order valence-corrected chi connectivity index (χ4v) is 2.29. The van der Waals surface area contributed by atoms with E-state index in [0.29, 0.717) is 0 Å². The molecular weight excluding hydrogens is 359 g/mol. The summed E-state index contributed by atoms with van der Waals surface area (Å²) in [7, 11) is 1.12. The van der Waals surface area contributed by atoms with Crippen LogP contribution in [0.15, 0.2) is 24.3 Å². The molecule has 1 N–H and O–H groups in total. The molecule has 2 amide bonds. The molecule has 27 heavy (non-hydrogen) atoms. The SMILES string of the molecule is C#CCN1C(=O)COc2cc(F)c(NC(=O)OC(C(=C)C)C(=O)OC)cc21. The van der Waals surface area contributed by atoms with Crippen molar-refractivity contribution < 1.29 is 33.0 Å². The van der Waals surface area contributed by atoms with E-state index < -0.39 is 29.9 Å². The molecule has 2 rings (SSSR count). The van der Waals surface area contributed by atoms with Gasteiger partial charge in [-0.3, -0.25) is 15.0 Å². The molecule has 0 bridgehead atoms. The highest BCUT2D eigenvalue weighted by molar-refractivity contribution is 5.99. The van der Waals surface area contributed by atoms with Gasteiger partial charge in [-0.05, 0) is 18.6 Å². The van der Waals surface area contributed by atoms with Crippen LogP contribution in [0.2, 0.25) is 0 Å². The predicted molar refractivity (Wildman–Crippen MR) is 93.8 cm³/mol. The summed E-state index contributed by atoms with van der Waals surface area (Å²) in [5.74, 6) is 0.363. The fourth-order valence-electron chi connectivity index (χ4n) is 2.29. The number of halogens is 1. The second kappa shape index (κ2) is 8.23. The first-order valence-electron chi connectivity index (χ1n) is 7.69. The van der Waals surface area contributed by atoms with Crippen molar-refractivity contribution in [3.8, 4) is 18.1 Å². The minimum absolute atomic E-state index is 0.0508. The summed E-state index contributed by atoms with van der Waals surface area (Å²) in [6.07, 6.45) is 2.79. The molecule has 1 aromatic carbocycles. The van der Waals surface area contributed by atoms with E-state index in [4.69, 9.17) is 15.9 Å². The van der Waals surface area contributed by atoms with Crippen LogP contribution in [0.1, 0.15) is 6.92 Å². The van der Waals surface area contributed by atoms with Crippen molar-refractivity contribution in [3.05, 3.63) is 30.1 Å². The van der Waals surface area contributed by atoms with E-state index in [1.807, 2.05) is 0 Å². The van der Waals surface area contributed by atoms with Gasteiger partial charge in [0.15, 0.2) is 12.4 Å². The van der Waals surface area contributed by atoms with Crippen molar-refractivity contribution in [1.29, 1.82) is 0 Å². The quantitative estimate of drug-likeness (QED) is 0.479. The largest absolute Gasteiger partial charge is 0.481 e. The summed E-state index contributed by atoms with van der Waals surface area (Å²) in [5.41, 5.74) is 0.136. The monoisotopic (exact) mass is 376 g/mol. The number of hydrogen-bond acceptors (Lipinski definition) is 6. The average molecular weight is 376 g/mol. The summed E-state index contributed by atoms with van der Waals surface area (Å²) in [6.45, 7) is 4.68. The van der Waals surface area contributed by atoms with Gasteiger partial charge in [0.05, 0.1) is 25.0 Å². The Labute approximate surface area is 154 Å². The molecule has 142 valence electrons. The Hall–Kier alpha value is -3.54. The molecule has 0 aliphatic carbocycles. The second-order valence-corrected chi connectivity index (χ2v) is 5.55. The molecule has 0 saturated carbocycles. The van der Waals surface area contributed by atoms with Gasteiger partial charge in [-0.15, -0.1) is 6.42 Å². The Morgan fingerprint density at radius 2 is 2.22 bits per heavy atom. The van der Waals surface area contributed by atoms with E-state index in [1.54, 1.807) is 0 Å². The zero-order valence-corrected chi connectivity index (χ0v) is 14.7. The highest BCUT2D eigenvalue weighted by Gasteiger charge is 2.28. The minimum Gasteiger partial charge on any atom is -0.481 e. The van der Waals surface area contributed by atoms with Crippen LogP contribution in [0, 0.1) is 18.2 Å². The van der Waals surface area contributed by atoms with Gasteiger partial charge in [0.2, 0.25) is 6.10 Å². The van der Waals surface area contributed by atoms with Gasteiger partial charge in [0.1, 0.15) is 5.75 Å². The van der Waals surface area contributed by atoms with E-state index >= 15 is 0 Å². The van der Waals surface area contributed by atoms with Crippen molar-refractivity contribution >= 4 is 29.3 Å². The number of carbonyl (C=O) groups is 3. The topological polar surface area (TPSA) is 94.2 Å². The highest BCUT2D eigenvalue weighted by Crippen LogP contribution is 2.36. The Morgan fingerprint density at radius 1 is 1.52 bits per heavy atom. The van der Waals surface area contributed by atoms with E-state index in [2.05, 4.69) is 22.6 Å². The van der Waals surface area contributed by atoms with Gasteiger partial charge < -0.3 is 14.2 Å². The lowest BCUT2D eigenvalue weighted by atomic mass is 10.2. The number of esters is 1. The predicted octanol–water partition coefficient (Wildman–Crippen LogP) is 1.85. The van der Waals surface area contributed by atoms with Crippen LogP contribution >= 0.6 is 0 Å². The van der Waals surface area contributed by atoms with Gasteiger partial charge in [-0.1, -0.05) is 12.5 Å². The van der Waals surface area contributed by atoms with E-state index in [1.165, 1.54) is 17.9 Å². The summed E-state index contributed by atoms with van der Waals surface area (Å²) < 4.78 is 28.9. The van der Waals surface area contributed by atoms with Crippen molar-refractivity contribution in [2.24, 2.45) is 0 Å². The number of rotatable bonds is 5. The molecule has 0 spiro atoms. The Bertz CT molecular complexity index is 845. The van der Waals surface area contributed by atoms with Crippen molar-refractivity contribution in [1.82, 2.24) is 0 Å². The number of hydrogen-bond donors (Lipinski definition) is 1. The van der Waals surface area contributed by atoms with Crippen molar-refractivity contribution in [2.75, 3.05) is 30.5 Å². The van der Waals surface area contributed by atoms with Crippen LogP contribution < -0.4 is 15.0 Å². The summed E-state index contributed by atoms with van der Waals surface area (Å²) in [6, 6.07) is 2.20. The van der Waals surface area contributed by atoms with Gasteiger partial charge in [0.25, 0.3) is 5.91 Å². The number of amides is 2. The molecule has 8 nitrogen and oxygen atoms in total. The summed E-state index contributed by atoms with van der Waals surface area (Å²) >= 11 is 0. The van der Waals surface area contributed by atoms with Crippen LogP contribution in [0.5, 0.6) is 5.75 Å². The first-order valence-corrected chi connectivity index (χ1v) is 7.69. The number of ether oxygens (including phenoxy) is 3. The highest BCUT2D eigenvalue weighted by atomic mass is 19.1. The maximum Gasteiger partial charge on any atom is 0.412 e. The molecule has 1 atom stereocenters. The van der Waals surface area contributed by atoms with Gasteiger partial charge in [-0.25, -0.2) is 14.0 Å². The van der Waals surface area contributed by atoms with Crippen LogP contribution in [0.3, 0.4) is 0 Å². The lowest BCUT2D eigenvalue weighted by Gasteiger charge is -2.28. The molecule has 1 aromatic rings. The lowest BCUT2D eigenvalue weighted by molar-refractivity contribution is -0.148. The zero-order valence-electron chi connectivity index (χ0n) is 14.7. The molecule has 0 saturated heterocycles. The summed E-state index contributed by atoms with van der Waals surface area (Å²) in [5, 5.41) is 2.17. The molecule has 0 aromatic heterocycles. The van der Waals surface area contributed by atoms with Crippen molar-refractivity contribution in [3.63, 3.8) is 0 Å². The third-order valence-electron chi connectivity index (χ3n) is 3.57. The number of benzene rings is 1. The number of methoxy groups -OCH3 is 1. The Balaban J connectivity index is 2.25. The first kappa shape index (κ1) is 19.8. The molecule has 0 radical (unpaired) electrons. The number of fused-ring (bicyclic) bond motifs is 1. The molecule has 1 unspecified atom stereocenters. The van der Waals surface area contributed by atoms with Gasteiger partial charge in [0, 0.05) is 6.07 Å². The van der Waals surface area contributed by atoms with E-state index in [-0.39, 0.29) is 35.8 Å². The maximum atomic E-state index is 14.3. The van der Waals surface area contributed by atoms with Crippen LogP contribution in [0.4, 0.5) is 20.6 Å². The van der Waals surface area contributed by atoms with Crippen LogP contribution in [-0.4, -0.2) is 44.3 Å². The summed E-state index contributed by atoms with van der Waals surface area (Å²) in [4.78, 5) is 36.8. The smallest absolute Gasteiger partial charge is 0.412 e. The maximum absolute atomic E-state index is 14.3. The van der Waals surface area contributed by atoms with Crippen LogP contribution in [-0.2, 0) is 19.1 Å². The Morgan fingerprint density at radius 3 is 2.81 bits per heavy atom. The molecular formula is C18H17FN2O6. The van der Waals surface area contributed by atoms with E-state index in [0.717, 1.165) is 13.2 Å². The average Bonchev–Trinajstić information content (AvgIpc) is 2.62. The lowest BCUT2D eigenvalue weighted by Crippen LogP contribution is -2.39. The molecule has 1 heterocycles. The minimum atomic E-state index is -1.35. The first-order chi connectivity index (χ1) is 12.8. The number of nitrogens with zero attached hydrogens (tertiary/aromatic N) is 1. The molecule has 9 heteroatoms. The van der Waals surface area contributed by atoms with Gasteiger partial charge >= 0.3 is 12.1 Å². The fraction of sp³-hybridized carbons (Fsp3) is 0.278. The standard InChI is InChI=1S/C18H17FN2O6/c1-5-6-21-13-8-12(11(19)7-14(13)26-9-15(21)22)20-18(24)27-16(10(2)3)17(23)25-4/h1,7-8,16H,2,6,9H2,3-4H3,(H,20,24). The number of carbonyl (C=O) groups excluding carboxylic acids is 3. The molecule has 0 fully saturated rings. The third-order valence-corrected chi connectivity index (χ3v) is 3.57. The molecule has 1 aliphatic heterocycles. The van der Waals surface area contributed by atoms with Gasteiger partial charge in [-0.2, -0.15) is 0 Å². The Kier molecular flexibility index (Phi) is 6.03. The number of terminal acetylenes is 1. The molecule has 1 aliphatic rings. The zero-order chi connectivity index (χ0) is 20.1. The van der Waals surface area contributed by atoms with Crippen LogP contribution in [0.25, 0.3) is 0 Å². The third kappa shape index (κ3) is 4.36. The number of anilines is 2. The van der Waals surface area contributed by atoms with Crippen molar-refractivity contribution in [2.45, 2.75) is 13.0 Å². The number of nitrogens with one attached hydrogen (secondary N) is 1. The van der Waals surface area contributed by atoms with E-state index in [9.17, 15) is 18.8 Å². The normalized spacial score (nSPS) is 13.6. The second-order valence-electron chi connectivity index (χ2n) is 5.55.